The standard InChI is InChI=1S/C37H22N2/c1-2-10-29-28(9-1)32-13-6-12-31-27(15-16-33(29)37(31)32)24-7-5-8-26(19-24)39-35-14-4-3-11-30(35)34-20-23-17-18-38-22-25(23)21-36(34)39/h1-22H. The predicted octanol–water partition coefficient (Wildman–Crippen LogP) is 9.80. The van der Waals surface area contributed by atoms with E-state index < -0.39 is 0 Å². The summed E-state index contributed by atoms with van der Waals surface area (Å²) in [7, 11) is 0. The highest BCUT2D eigenvalue weighted by Gasteiger charge is 2.22. The van der Waals surface area contributed by atoms with Crippen LogP contribution in [0.5, 0.6) is 0 Å². The van der Waals surface area contributed by atoms with Crippen molar-refractivity contribution in [2.24, 2.45) is 0 Å². The molecule has 6 aromatic carbocycles. The lowest BCUT2D eigenvalue weighted by molar-refractivity contribution is 1.18. The molecule has 180 valence electrons. The molecule has 0 spiro atoms. The smallest absolute Gasteiger partial charge is 0.0548 e. The highest BCUT2D eigenvalue weighted by molar-refractivity contribution is 6.19. The summed E-state index contributed by atoms with van der Waals surface area (Å²) in [6, 6.07) is 44.5. The minimum Gasteiger partial charge on any atom is -0.309 e. The van der Waals surface area contributed by atoms with Gasteiger partial charge in [-0.05, 0) is 85.9 Å². The van der Waals surface area contributed by atoms with Gasteiger partial charge in [0.2, 0.25) is 0 Å². The van der Waals surface area contributed by atoms with E-state index in [1.165, 1.54) is 71.3 Å². The third-order valence-electron chi connectivity index (χ3n) is 8.39. The van der Waals surface area contributed by atoms with Crippen LogP contribution in [0.25, 0.3) is 82.4 Å². The Hall–Kier alpha value is -5.21. The average Bonchev–Trinajstić information content (AvgIpc) is 3.50. The van der Waals surface area contributed by atoms with Crippen molar-refractivity contribution in [3.05, 3.63) is 134 Å². The molecule has 0 N–H and O–H groups in total. The van der Waals surface area contributed by atoms with Crippen molar-refractivity contribution in [2.75, 3.05) is 0 Å². The van der Waals surface area contributed by atoms with Crippen LogP contribution in [0.15, 0.2) is 134 Å². The first kappa shape index (κ1) is 20.8. The summed E-state index contributed by atoms with van der Waals surface area (Å²) < 4.78 is 2.40. The molecule has 2 aromatic heterocycles. The first-order valence-corrected chi connectivity index (χ1v) is 13.4. The third-order valence-corrected chi connectivity index (χ3v) is 8.39. The largest absolute Gasteiger partial charge is 0.309 e. The molecule has 39 heavy (non-hydrogen) atoms. The molecule has 0 atom stereocenters. The van der Waals surface area contributed by atoms with Gasteiger partial charge >= 0.3 is 0 Å². The summed E-state index contributed by atoms with van der Waals surface area (Å²) in [5, 5.41) is 7.55. The Bertz CT molecular complexity index is 2260. The van der Waals surface area contributed by atoms with Crippen LogP contribution in [0.3, 0.4) is 0 Å². The van der Waals surface area contributed by atoms with E-state index in [1.807, 2.05) is 12.4 Å². The van der Waals surface area contributed by atoms with Gasteiger partial charge in [-0.25, -0.2) is 0 Å². The van der Waals surface area contributed by atoms with Gasteiger partial charge in [-0.3, -0.25) is 4.98 Å². The zero-order valence-corrected chi connectivity index (χ0v) is 21.1. The van der Waals surface area contributed by atoms with Gasteiger partial charge < -0.3 is 4.57 Å². The summed E-state index contributed by atoms with van der Waals surface area (Å²) in [4.78, 5) is 4.38. The van der Waals surface area contributed by atoms with E-state index in [1.54, 1.807) is 0 Å². The van der Waals surface area contributed by atoms with Gasteiger partial charge in [0, 0.05) is 34.2 Å². The van der Waals surface area contributed by atoms with Gasteiger partial charge in [-0.2, -0.15) is 0 Å². The molecule has 2 heterocycles. The lowest BCUT2D eigenvalue weighted by Gasteiger charge is -2.13. The average molecular weight is 495 g/mol. The summed E-state index contributed by atoms with van der Waals surface area (Å²) in [6.45, 7) is 0. The van der Waals surface area contributed by atoms with Crippen LogP contribution in [0.2, 0.25) is 0 Å². The van der Waals surface area contributed by atoms with Crippen LogP contribution in [-0.4, -0.2) is 9.55 Å². The topological polar surface area (TPSA) is 17.8 Å². The zero-order chi connectivity index (χ0) is 25.5. The molecule has 0 saturated carbocycles. The first-order valence-electron chi connectivity index (χ1n) is 13.4. The zero-order valence-electron chi connectivity index (χ0n) is 21.1. The molecule has 0 saturated heterocycles. The fourth-order valence-electron chi connectivity index (χ4n) is 6.70. The van der Waals surface area contributed by atoms with E-state index in [9.17, 15) is 0 Å². The van der Waals surface area contributed by atoms with Crippen LogP contribution in [0.1, 0.15) is 0 Å². The van der Waals surface area contributed by atoms with Crippen molar-refractivity contribution in [1.82, 2.24) is 9.55 Å². The van der Waals surface area contributed by atoms with Crippen LogP contribution in [-0.2, 0) is 0 Å². The molecule has 2 heteroatoms. The van der Waals surface area contributed by atoms with Crippen molar-refractivity contribution in [3.8, 4) is 39.1 Å². The van der Waals surface area contributed by atoms with Crippen molar-refractivity contribution >= 4 is 43.4 Å². The molecule has 0 radical (unpaired) electrons. The van der Waals surface area contributed by atoms with E-state index in [2.05, 4.69) is 131 Å². The minimum absolute atomic E-state index is 1.15. The SMILES string of the molecule is c1cc(-c2ccc3c4c(cccc24)-c2ccccc2-3)cc(-n2c3ccccc3c3cc4ccncc4cc32)c1. The Morgan fingerprint density at radius 1 is 0.462 bits per heavy atom. The van der Waals surface area contributed by atoms with Gasteiger partial charge in [0.05, 0.1) is 11.0 Å². The highest BCUT2D eigenvalue weighted by atomic mass is 15.0. The van der Waals surface area contributed by atoms with E-state index in [4.69, 9.17) is 0 Å². The molecule has 9 rings (SSSR count). The lowest BCUT2D eigenvalue weighted by atomic mass is 9.94. The maximum absolute atomic E-state index is 4.38. The van der Waals surface area contributed by atoms with Gasteiger partial charge in [-0.1, -0.05) is 84.9 Å². The number of aromatic nitrogens is 2. The molecule has 1 aliphatic carbocycles. The number of hydrogen-bond acceptors (Lipinski definition) is 1. The number of rotatable bonds is 2. The first-order chi connectivity index (χ1) is 19.3. The van der Waals surface area contributed by atoms with E-state index in [-0.39, 0.29) is 0 Å². The molecule has 0 bridgehead atoms. The van der Waals surface area contributed by atoms with Gasteiger partial charge in [0.25, 0.3) is 0 Å². The van der Waals surface area contributed by atoms with Crippen LogP contribution >= 0.6 is 0 Å². The number of benzene rings is 6. The van der Waals surface area contributed by atoms with Crippen molar-refractivity contribution in [2.45, 2.75) is 0 Å². The number of para-hydroxylation sites is 1. The molecular formula is C37H22N2. The van der Waals surface area contributed by atoms with Crippen molar-refractivity contribution in [1.29, 1.82) is 0 Å². The molecular weight excluding hydrogens is 472 g/mol. The second kappa shape index (κ2) is 7.66. The number of fused-ring (bicyclic) bond motifs is 7. The second-order valence-corrected chi connectivity index (χ2v) is 10.4. The normalized spacial score (nSPS) is 12.1. The van der Waals surface area contributed by atoms with Crippen LogP contribution in [0, 0.1) is 0 Å². The molecule has 1 aliphatic rings. The molecule has 0 aliphatic heterocycles. The monoisotopic (exact) mass is 494 g/mol. The Morgan fingerprint density at radius 3 is 2.13 bits per heavy atom. The maximum atomic E-state index is 4.38. The Morgan fingerprint density at radius 2 is 1.21 bits per heavy atom. The van der Waals surface area contributed by atoms with Gasteiger partial charge in [0.1, 0.15) is 0 Å². The number of nitrogens with zero attached hydrogens (tertiary/aromatic N) is 2. The number of hydrogen-bond donors (Lipinski definition) is 0. The lowest BCUT2D eigenvalue weighted by Crippen LogP contribution is -1.94. The summed E-state index contributed by atoms with van der Waals surface area (Å²) >= 11 is 0. The molecule has 8 aromatic rings. The van der Waals surface area contributed by atoms with E-state index >= 15 is 0 Å². The highest BCUT2D eigenvalue weighted by Crippen LogP contribution is 2.49. The Kier molecular flexibility index (Phi) is 4.08. The predicted molar refractivity (Wildman–Crippen MR) is 163 cm³/mol. The van der Waals surface area contributed by atoms with Crippen LogP contribution in [0.4, 0.5) is 0 Å². The maximum Gasteiger partial charge on any atom is 0.0548 e. The summed E-state index contributed by atoms with van der Waals surface area (Å²) in [5.41, 5.74) is 11.4. The second-order valence-electron chi connectivity index (χ2n) is 10.4. The van der Waals surface area contributed by atoms with Crippen LogP contribution < -0.4 is 0 Å². The molecule has 0 unspecified atom stereocenters. The summed E-state index contributed by atoms with van der Waals surface area (Å²) in [5.74, 6) is 0. The number of pyridine rings is 1. The van der Waals surface area contributed by atoms with Crippen molar-refractivity contribution in [3.63, 3.8) is 0 Å². The van der Waals surface area contributed by atoms with E-state index in [0.29, 0.717) is 0 Å². The van der Waals surface area contributed by atoms with Gasteiger partial charge in [-0.15, -0.1) is 0 Å². The van der Waals surface area contributed by atoms with Crippen molar-refractivity contribution < 1.29 is 0 Å². The Balaban J connectivity index is 1.30. The fraction of sp³-hybridized carbons (Fsp3) is 0. The van der Waals surface area contributed by atoms with E-state index in [0.717, 1.165) is 11.1 Å². The molecule has 0 fully saturated rings. The Labute approximate surface area is 225 Å². The fourth-order valence-corrected chi connectivity index (χ4v) is 6.70. The molecule has 2 nitrogen and oxygen atoms in total. The molecule has 0 amide bonds. The third kappa shape index (κ3) is 2.83. The van der Waals surface area contributed by atoms with Gasteiger partial charge in [0.15, 0.2) is 0 Å². The quantitative estimate of drug-likeness (QED) is 0.234. The minimum atomic E-state index is 1.15. The summed E-state index contributed by atoms with van der Waals surface area (Å²) in [6.07, 6.45) is 3.82.